The number of aryl methyl sites for hydroxylation is 1. The van der Waals surface area contributed by atoms with Crippen molar-refractivity contribution in [2.24, 2.45) is 7.05 Å². The van der Waals surface area contributed by atoms with E-state index in [2.05, 4.69) is 16.3 Å². The number of fused-ring (bicyclic) bond motifs is 1. The fourth-order valence-electron chi connectivity index (χ4n) is 2.74. The molecule has 1 N–H and O–H groups in total. The first-order chi connectivity index (χ1) is 9.27. The number of nitrogens with one attached hydrogen (secondary N) is 1. The zero-order chi connectivity index (χ0) is 13.2. The van der Waals surface area contributed by atoms with Crippen LogP contribution in [0.5, 0.6) is 0 Å². The van der Waals surface area contributed by atoms with Gasteiger partial charge >= 0.3 is 0 Å². The van der Waals surface area contributed by atoms with Crippen LogP contribution in [0.25, 0.3) is 10.9 Å². The first kappa shape index (κ1) is 12.2. The number of para-hydroxylation sites is 1. The topological polar surface area (TPSA) is 37.3 Å². The first-order valence-corrected chi connectivity index (χ1v) is 6.82. The van der Waals surface area contributed by atoms with Crippen LogP contribution < -0.4 is 15.8 Å². The van der Waals surface area contributed by atoms with Crippen LogP contribution >= 0.6 is 0 Å². The summed E-state index contributed by atoms with van der Waals surface area (Å²) in [5.74, 6) is 0. The number of aromatic nitrogens is 1. The predicted octanol–water partition coefficient (Wildman–Crippen LogP) is 1.34. The van der Waals surface area contributed by atoms with E-state index in [1.807, 2.05) is 25.2 Å². The minimum atomic E-state index is 0.0610. The standard InChI is InChI=1S/C15H19N3O/c1-17-13-6-3-2-5-12(13)14(11-15(17)19)18-9-4-7-16-8-10-18/h2-3,5-6,11,16H,4,7-10H2,1H3. The van der Waals surface area contributed by atoms with Crippen molar-refractivity contribution in [2.45, 2.75) is 6.42 Å². The molecule has 2 aromatic rings. The molecule has 0 saturated carbocycles. The van der Waals surface area contributed by atoms with Crippen molar-refractivity contribution < 1.29 is 0 Å². The highest BCUT2D eigenvalue weighted by Gasteiger charge is 2.14. The number of hydrogen-bond donors (Lipinski definition) is 1. The van der Waals surface area contributed by atoms with Gasteiger partial charge in [0.2, 0.25) is 0 Å². The lowest BCUT2D eigenvalue weighted by Gasteiger charge is -2.24. The Morgan fingerprint density at radius 1 is 1.16 bits per heavy atom. The van der Waals surface area contributed by atoms with E-state index < -0.39 is 0 Å². The largest absolute Gasteiger partial charge is 0.370 e. The van der Waals surface area contributed by atoms with E-state index in [-0.39, 0.29) is 5.56 Å². The first-order valence-electron chi connectivity index (χ1n) is 6.82. The zero-order valence-corrected chi connectivity index (χ0v) is 11.2. The average molecular weight is 257 g/mol. The van der Waals surface area contributed by atoms with E-state index in [1.54, 1.807) is 10.6 Å². The van der Waals surface area contributed by atoms with Gasteiger partial charge in [-0.25, -0.2) is 0 Å². The summed E-state index contributed by atoms with van der Waals surface area (Å²) in [5, 5.41) is 4.55. The van der Waals surface area contributed by atoms with E-state index in [1.165, 1.54) is 0 Å². The summed E-state index contributed by atoms with van der Waals surface area (Å²) in [6, 6.07) is 9.90. The van der Waals surface area contributed by atoms with Gasteiger partial charge in [-0.1, -0.05) is 18.2 Å². The van der Waals surface area contributed by atoms with Crippen LogP contribution in [-0.2, 0) is 7.05 Å². The summed E-state index contributed by atoms with van der Waals surface area (Å²) in [6.45, 7) is 3.99. The smallest absolute Gasteiger partial charge is 0.252 e. The zero-order valence-electron chi connectivity index (χ0n) is 11.2. The van der Waals surface area contributed by atoms with Crippen molar-refractivity contribution in [1.82, 2.24) is 9.88 Å². The predicted molar refractivity (Wildman–Crippen MR) is 78.9 cm³/mol. The molecule has 19 heavy (non-hydrogen) atoms. The van der Waals surface area contributed by atoms with Gasteiger partial charge in [0.1, 0.15) is 0 Å². The molecule has 100 valence electrons. The van der Waals surface area contributed by atoms with Gasteiger partial charge in [-0.05, 0) is 19.0 Å². The highest BCUT2D eigenvalue weighted by atomic mass is 16.1. The molecule has 0 bridgehead atoms. The number of hydrogen-bond acceptors (Lipinski definition) is 3. The molecule has 1 aliphatic rings. The second-order valence-electron chi connectivity index (χ2n) is 5.03. The lowest BCUT2D eigenvalue weighted by molar-refractivity contribution is 0.724. The maximum Gasteiger partial charge on any atom is 0.252 e. The molecule has 1 saturated heterocycles. The second kappa shape index (κ2) is 5.05. The molecule has 2 heterocycles. The van der Waals surface area contributed by atoms with Gasteiger partial charge in [0.05, 0.1) is 11.2 Å². The van der Waals surface area contributed by atoms with Crippen molar-refractivity contribution in [2.75, 3.05) is 31.1 Å². The lowest BCUT2D eigenvalue weighted by atomic mass is 10.1. The molecule has 1 aromatic heterocycles. The van der Waals surface area contributed by atoms with Crippen LogP contribution in [0.4, 0.5) is 5.69 Å². The van der Waals surface area contributed by atoms with Gasteiger partial charge < -0.3 is 14.8 Å². The fourth-order valence-corrected chi connectivity index (χ4v) is 2.74. The molecule has 0 spiro atoms. The maximum atomic E-state index is 12.1. The Morgan fingerprint density at radius 2 is 2.00 bits per heavy atom. The van der Waals surface area contributed by atoms with Crippen molar-refractivity contribution in [3.8, 4) is 0 Å². The third-order valence-electron chi connectivity index (χ3n) is 3.81. The van der Waals surface area contributed by atoms with Gasteiger partial charge in [0.15, 0.2) is 0 Å². The Labute approximate surface area is 112 Å². The molecule has 1 aliphatic heterocycles. The minimum Gasteiger partial charge on any atom is -0.370 e. The van der Waals surface area contributed by atoms with Crippen LogP contribution in [0, 0.1) is 0 Å². The molecule has 1 aromatic carbocycles. The Bertz CT molecular complexity index is 639. The molecular weight excluding hydrogens is 238 g/mol. The molecule has 4 heteroatoms. The quantitative estimate of drug-likeness (QED) is 0.837. The molecule has 0 atom stereocenters. The third-order valence-corrected chi connectivity index (χ3v) is 3.81. The molecular formula is C15H19N3O. The molecule has 0 aliphatic carbocycles. The number of benzene rings is 1. The van der Waals surface area contributed by atoms with Gasteiger partial charge in [0, 0.05) is 38.1 Å². The van der Waals surface area contributed by atoms with Gasteiger partial charge in [-0.2, -0.15) is 0 Å². The number of anilines is 1. The SMILES string of the molecule is Cn1c(=O)cc(N2CCCNCC2)c2ccccc21. The van der Waals surface area contributed by atoms with Crippen LogP contribution in [0.3, 0.4) is 0 Å². The third kappa shape index (κ3) is 2.24. The van der Waals surface area contributed by atoms with Crippen LogP contribution in [0.1, 0.15) is 6.42 Å². The maximum absolute atomic E-state index is 12.1. The summed E-state index contributed by atoms with van der Waals surface area (Å²) in [4.78, 5) is 14.4. The van der Waals surface area contributed by atoms with Crippen LogP contribution in [-0.4, -0.2) is 30.7 Å². The minimum absolute atomic E-state index is 0.0610. The number of pyridine rings is 1. The summed E-state index contributed by atoms with van der Waals surface area (Å²) >= 11 is 0. The highest BCUT2D eigenvalue weighted by Crippen LogP contribution is 2.25. The molecule has 0 unspecified atom stereocenters. The second-order valence-corrected chi connectivity index (χ2v) is 5.03. The van der Waals surface area contributed by atoms with E-state index >= 15 is 0 Å². The Balaban J connectivity index is 2.17. The summed E-state index contributed by atoms with van der Waals surface area (Å²) < 4.78 is 1.72. The van der Waals surface area contributed by atoms with Crippen molar-refractivity contribution >= 4 is 16.6 Å². The normalized spacial score (nSPS) is 16.6. The van der Waals surface area contributed by atoms with E-state index in [0.29, 0.717) is 0 Å². The van der Waals surface area contributed by atoms with E-state index in [9.17, 15) is 4.79 Å². The van der Waals surface area contributed by atoms with Gasteiger partial charge in [-0.3, -0.25) is 4.79 Å². The summed E-state index contributed by atoms with van der Waals surface area (Å²) in [5.41, 5.74) is 2.13. The van der Waals surface area contributed by atoms with Crippen molar-refractivity contribution in [3.05, 3.63) is 40.7 Å². The van der Waals surface area contributed by atoms with E-state index in [4.69, 9.17) is 0 Å². The molecule has 4 nitrogen and oxygen atoms in total. The average Bonchev–Trinajstić information content (AvgIpc) is 2.72. The van der Waals surface area contributed by atoms with Crippen LogP contribution in [0.15, 0.2) is 35.1 Å². The molecule has 3 rings (SSSR count). The fraction of sp³-hybridized carbons (Fsp3) is 0.400. The Kier molecular flexibility index (Phi) is 3.25. The van der Waals surface area contributed by atoms with Crippen LogP contribution in [0.2, 0.25) is 0 Å². The summed E-state index contributed by atoms with van der Waals surface area (Å²) in [7, 11) is 1.83. The van der Waals surface area contributed by atoms with Gasteiger partial charge in [0.25, 0.3) is 5.56 Å². The van der Waals surface area contributed by atoms with E-state index in [0.717, 1.165) is 49.2 Å². The molecule has 0 amide bonds. The number of rotatable bonds is 1. The monoisotopic (exact) mass is 257 g/mol. The van der Waals surface area contributed by atoms with Crippen molar-refractivity contribution in [1.29, 1.82) is 0 Å². The summed E-state index contributed by atoms with van der Waals surface area (Å²) in [6.07, 6.45) is 1.11. The molecule has 0 radical (unpaired) electrons. The molecule has 1 fully saturated rings. The Hall–Kier alpha value is -1.81. The Morgan fingerprint density at radius 3 is 2.89 bits per heavy atom. The van der Waals surface area contributed by atoms with Gasteiger partial charge in [-0.15, -0.1) is 0 Å². The van der Waals surface area contributed by atoms with Crippen molar-refractivity contribution in [3.63, 3.8) is 0 Å². The number of nitrogens with zero attached hydrogens (tertiary/aromatic N) is 2. The highest BCUT2D eigenvalue weighted by molar-refractivity contribution is 5.91. The lowest BCUT2D eigenvalue weighted by Crippen LogP contribution is -2.30.